The second-order valence-corrected chi connectivity index (χ2v) is 54.2. The summed E-state index contributed by atoms with van der Waals surface area (Å²) >= 11 is 32.9. The number of hydrogen-bond acceptors (Lipinski definition) is 13. The van der Waals surface area contributed by atoms with E-state index < -0.39 is 30.9 Å². The minimum Gasteiger partial charge on any atom is -0.304 e. The lowest BCUT2D eigenvalue weighted by Crippen LogP contribution is -2.37. The molecule has 23 heteroatoms. The highest BCUT2D eigenvalue weighted by Gasteiger charge is 2.51. The molecule has 4 unspecified atom stereocenters. The van der Waals surface area contributed by atoms with Gasteiger partial charge in [-0.3, -0.25) is 33.9 Å². The molecule has 10 aliphatic rings. The van der Waals surface area contributed by atoms with Gasteiger partial charge in [0.15, 0.2) is 0 Å². The van der Waals surface area contributed by atoms with Crippen LogP contribution in [0.2, 0.25) is 0 Å². The molecule has 0 saturated carbocycles. The summed E-state index contributed by atoms with van der Waals surface area (Å²) in [5, 5.41) is 12.3. The Kier molecular flexibility index (Phi) is 19.3. The van der Waals surface area contributed by atoms with Crippen LogP contribution in [0.1, 0.15) is 0 Å². The van der Waals surface area contributed by atoms with Crippen molar-refractivity contribution in [1.82, 2.24) is 39.9 Å². The maximum atomic E-state index is 6.61. The number of nitrogens with zero attached hydrogens (tertiary/aromatic N) is 13. The van der Waals surface area contributed by atoms with Crippen molar-refractivity contribution in [2.24, 2.45) is 0 Å². The molecule has 0 amide bonds. The molecule has 640 valence electrons. The molecule has 0 N–H and O–H groups in total. The Morgan fingerprint density at radius 1 is 0.148 bits per heavy atom. The summed E-state index contributed by atoms with van der Waals surface area (Å²) in [5.74, 6) is 3.70. The zero-order valence-electron chi connectivity index (χ0n) is 71.7. The minimum atomic E-state index is -2.32. The molecule has 0 radical (unpaired) electrons. The van der Waals surface area contributed by atoms with Crippen LogP contribution in [0, 0.1) is 0 Å². The van der Waals surface area contributed by atoms with E-state index in [-0.39, 0.29) is 0 Å². The molecule has 135 heavy (non-hydrogen) atoms. The number of aromatic nitrogens is 8. The molecular weight excluding hydrogens is 1840 g/mol. The highest BCUT2D eigenvalue weighted by atomic mass is 32.5. The smallest absolute Gasteiger partial charge is 0.146 e. The lowest BCUT2D eigenvalue weighted by Gasteiger charge is -2.47. The van der Waals surface area contributed by atoms with Crippen LogP contribution in [0.15, 0.2) is 438 Å². The van der Waals surface area contributed by atoms with Gasteiger partial charge in [-0.2, -0.15) is 0 Å². The molecule has 12 aromatic carbocycles. The van der Waals surface area contributed by atoms with Gasteiger partial charge in [0.05, 0.1) is 70.8 Å². The first-order valence-corrected chi connectivity index (χ1v) is 58.1. The van der Waals surface area contributed by atoms with Crippen molar-refractivity contribution in [2.75, 3.05) is 23.4 Å². The summed E-state index contributed by atoms with van der Waals surface area (Å²) in [6.07, 6.45) is 9.30. The molecule has 0 aliphatic carbocycles. The van der Waals surface area contributed by atoms with Gasteiger partial charge in [0, 0.05) is 171 Å². The van der Waals surface area contributed by atoms with Crippen molar-refractivity contribution < 1.29 is 0 Å². The zero-order valence-corrected chi connectivity index (χ0v) is 80.2. The molecular formula is C112H72N13P5S5. The van der Waals surface area contributed by atoms with Gasteiger partial charge in [0.2, 0.25) is 0 Å². The van der Waals surface area contributed by atoms with E-state index in [9.17, 15) is 0 Å². The topological polar surface area (TPSA) is 119 Å². The first kappa shape index (κ1) is 81.8. The summed E-state index contributed by atoms with van der Waals surface area (Å²) in [6.45, 7) is 0. The summed E-state index contributed by atoms with van der Waals surface area (Å²) in [5.41, 5.74) is 30.3. The maximum Gasteiger partial charge on any atom is 0.146 e. The largest absolute Gasteiger partial charge is 0.304 e. The fraction of sp³-hybridized carbons (Fsp3) is 0. The maximum absolute atomic E-state index is 6.61. The average molecular weight is 1920 g/mol. The van der Waals surface area contributed by atoms with Gasteiger partial charge in [-0.15, -0.1) is 0 Å². The fourth-order valence-electron chi connectivity index (χ4n) is 21.4. The van der Waals surface area contributed by atoms with Crippen molar-refractivity contribution in [1.29, 1.82) is 0 Å². The third-order valence-corrected chi connectivity index (χ3v) is 50.5. The third-order valence-electron chi connectivity index (χ3n) is 26.9. The Morgan fingerprint density at radius 2 is 0.363 bits per heavy atom. The number of hydrogen-bond donors (Lipinski definition) is 0. The van der Waals surface area contributed by atoms with Crippen molar-refractivity contribution in [3.8, 4) is 111 Å². The molecule has 18 heterocycles. The second kappa shape index (κ2) is 31.9. The molecule has 0 fully saturated rings. The molecule has 4 atom stereocenters. The lowest BCUT2D eigenvalue weighted by atomic mass is 10.0. The Labute approximate surface area is 806 Å². The van der Waals surface area contributed by atoms with Crippen molar-refractivity contribution in [3.63, 3.8) is 0 Å². The Balaban J connectivity index is 0.0000000878. The number of benzene rings is 12. The highest BCUT2D eigenvalue weighted by molar-refractivity contribution is 8.25. The summed E-state index contributed by atoms with van der Waals surface area (Å²) < 4.78 is 11.7. The lowest BCUT2D eigenvalue weighted by molar-refractivity contribution is 1.18. The monoisotopic (exact) mass is 1910 g/mol. The predicted molar refractivity (Wildman–Crippen MR) is 580 cm³/mol. The Hall–Kier alpha value is -13.9. The summed E-state index contributed by atoms with van der Waals surface area (Å²) in [4.78, 5) is 37.1. The number of pyridine rings is 8. The van der Waals surface area contributed by atoms with Gasteiger partial charge in [-0.05, 0) is 141 Å². The van der Waals surface area contributed by atoms with E-state index in [4.69, 9.17) is 84.0 Å². The van der Waals surface area contributed by atoms with Crippen LogP contribution in [0.4, 0.5) is 57.4 Å². The van der Waals surface area contributed by atoms with E-state index in [0.717, 1.165) is 90.7 Å². The molecule has 0 bridgehead atoms. The van der Waals surface area contributed by atoms with Gasteiger partial charge in [-0.1, -0.05) is 338 Å². The fourth-order valence-corrected chi connectivity index (χ4v) is 44.7. The van der Waals surface area contributed by atoms with Crippen molar-refractivity contribution >= 4 is 200 Å². The minimum absolute atomic E-state index is 0.911. The molecule has 13 nitrogen and oxygen atoms in total. The molecule has 0 saturated heterocycles. The van der Waals surface area contributed by atoms with E-state index >= 15 is 0 Å². The van der Waals surface area contributed by atoms with Crippen LogP contribution in [0.25, 0.3) is 111 Å². The zero-order chi connectivity index (χ0) is 90.0. The first-order valence-electron chi connectivity index (χ1n) is 44.3. The van der Waals surface area contributed by atoms with Gasteiger partial charge in [0.1, 0.15) is 29.5 Å². The van der Waals surface area contributed by atoms with Crippen LogP contribution >= 0.6 is 30.9 Å². The summed E-state index contributed by atoms with van der Waals surface area (Å²) in [7, 11) is 0. The van der Waals surface area contributed by atoms with Crippen molar-refractivity contribution in [2.45, 2.75) is 0 Å². The number of fused-ring (bicyclic) bond motifs is 55. The standard InChI is InChI=1S/2C23H15N2PS.3C22H14N3PS/c27-26-21-13-5-2-9-17(21)16-8-1-4-11-19(16)25(26)20-12-7-15-24-23(20)18-10-3-6-14-22(18)26;27-26-22-11-5-2-8-17(22)16-7-1-4-10-20(16)25(26)21-13-14-24-15-19(21)18-9-3-6-12-23(18)26;27-26-19-11-3-1-7-15(19)17-9-5-13-23-21(17)25(26)22-18(10-6-14-24-22)16-8-2-4-12-20(16)26;27-26-20-9-3-1-6-16(20)15-11-13-23-14-19(15)25(26)22-18(8-5-12-24-22)17-7-2-4-10-21(17)26;27-26-20-9-3-1-6-15(20)17-8-5-12-24-22(17)25(26)19-11-13-23-14-18(19)16-7-2-4-10-21(16)26/h2*1-15H;3*1-14H. The molecule has 20 aromatic rings. The quantitative estimate of drug-likeness (QED) is 0.134. The molecule has 8 aromatic heterocycles. The van der Waals surface area contributed by atoms with Crippen LogP contribution in [0.3, 0.4) is 0 Å². The van der Waals surface area contributed by atoms with Gasteiger partial charge in [-0.25, -0.2) is 19.9 Å². The van der Waals surface area contributed by atoms with E-state index in [0.29, 0.717) is 0 Å². The highest BCUT2D eigenvalue weighted by Crippen LogP contribution is 2.72. The van der Waals surface area contributed by atoms with Crippen LogP contribution in [-0.4, -0.2) is 39.9 Å². The van der Waals surface area contributed by atoms with Gasteiger partial charge < -0.3 is 9.34 Å². The van der Waals surface area contributed by atoms with Crippen LogP contribution < -0.4 is 76.4 Å². The van der Waals surface area contributed by atoms with Crippen molar-refractivity contribution in [3.05, 3.63) is 438 Å². The molecule has 0 spiro atoms. The number of anilines is 10. The summed E-state index contributed by atoms with van der Waals surface area (Å²) in [6, 6.07) is 130. The normalized spacial score (nSPS) is 17.9. The predicted octanol–water partition coefficient (Wildman–Crippen LogP) is 24.3. The molecule has 10 aliphatic heterocycles. The Bertz CT molecular complexity index is 7100. The molecule has 30 rings (SSSR count). The van der Waals surface area contributed by atoms with E-state index in [1.54, 1.807) is 0 Å². The van der Waals surface area contributed by atoms with Crippen LogP contribution in [-0.2, 0) is 59.0 Å². The first-order chi connectivity index (χ1) is 66.5. The van der Waals surface area contributed by atoms with E-state index in [1.807, 2.05) is 98.5 Å². The van der Waals surface area contributed by atoms with Gasteiger partial charge >= 0.3 is 0 Å². The SMILES string of the molecule is S=P12c3ccccc3-c3ccccc3N1c1cccnc1-c1ccccc12.S=P12c3ccccc3-c3ccccc3N1c1ccncc1-c1ccccc12.S=P12c3ccccc3-c3cccnc3N1c1ncccc1-c1ccccc12.S=P12c3ccccc3-c3ccncc3N1c1ncccc1-c1ccccc12.S=P12c3ccccc3-c3cnccc3N1c1ncccc1-c1ccccc12. The van der Waals surface area contributed by atoms with Gasteiger partial charge in [0.25, 0.3) is 0 Å². The van der Waals surface area contributed by atoms with Crippen LogP contribution in [0.5, 0.6) is 0 Å². The number of rotatable bonds is 0. The van der Waals surface area contributed by atoms with E-state index in [2.05, 4.69) is 378 Å². The second-order valence-electron chi connectivity index (χ2n) is 33.7. The number of para-hydroxylation sites is 2. The Morgan fingerprint density at radius 3 is 0.733 bits per heavy atom. The third kappa shape index (κ3) is 11.8. The average Bonchev–Trinajstić information content (AvgIpc) is 0.709. The van der Waals surface area contributed by atoms with E-state index in [1.165, 1.54) is 131 Å².